The quantitative estimate of drug-likeness (QED) is 0.0977. The lowest BCUT2D eigenvalue weighted by Gasteiger charge is -2.14. The second-order valence-electron chi connectivity index (χ2n) is 8.68. The van der Waals surface area contributed by atoms with Crippen LogP contribution in [0.3, 0.4) is 0 Å². The maximum atomic E-state index is 13.8. The van der Waals surface area contributed by atoms with Crippen molar-refractivity contribution in [3.05, 3.63) is 68.8 Å². The van der Waals surface area contributed by atoms with Crippen molar-refractivity contribution in [1.82, 2.24) is 15.0 Å². The van der Waals surface area contributed by atoms with E-state index in [1.165, 1.54) is 23.2 Å². The minimum atomic E-state index is -0.382. The molecule has 2 aromatic carbocycles. The van der Waals surface area contributed by atoms with Crippen molar-refractivity contribution in [2.75, 3.05) is 12.4 Å². The normalized spacial score (nSPS) is 13.1. The topological polar surface area (TPSA) is 126 Å². The standard InChI is InChI=1S/C27H26N4O5S2/c1-2-36-18-10-8-17(9-11-18)31-26(35)24-19-5-3-4-6-22(19)38-25(24)29-27(31)37-15-23(34)30-28-14-16-7-12-20(32)21(33)13-16/h7-14,32-33H,2-6,15H2,1H3,(H,30,34). The first kappa shape index (κ1) is 25.8. The maximum Gasteiger partial charge on any atom is 0.267 e. The summed E-state index contributed by atoms with van der Waals surface area (Å²) in [5.74, 6) is -0.206. The number of phenols is 2. The van der Waals surface area contributed by atoms with Crippen LogP contribution in [0.2, 0.25) is 0 Å². The van der Waals surface area contributed by atoms with Crippen molar-refractivity contribution in [2.24, 2.45) is 5.10 Å². The van der Waals surface area contributed by atoms with Crippen LogP contribution in [0.4, 0.5) is 0 Å². The molecule has 4 aromatic rings. The summed E-state index contributed by atoms with van der Waals surface area (Å²) < 4.78 is 7.12. The Morgan fingerprint density at radius 1 is 1.18 bits per heavy atom. The van der Waals surface area contributed by atoms with Gasteiger partial charge in [-0.15, -0.1) is 11.3 Å². The predicted molar refractivity (Wildman–Crippen MR) is 149 cm³/mol. The number of nitrogens with one attached hydrogen (secondary N) is 1. The van der Waals surface area contributed by atoms with Crippen LogP contribution in [0.5, 0.6) is 17.2 Å². The first-order chi connectivity index (χ1) is 18.4. The summed E-state index contributed by atoms with van der Waals surface area (Å²) in [4.78, 5) is 33.1. The Labute approximate surface area is 226 Å². The number of aromatic hydroxyl groups is 2. The van der Waals surface area contributed by atoms with E-state index in [-0.39, 0.29) is 28.7 Å². The van der Waals surface area contributed by atoms with Gasteiger partial charge in [-0.25, -0.2) is 10.4 Å². The number of aryl methyl sites for hydroxylation is 2. The van der Waals surface area contributed by atoms with Gasteiger partial charge in [-0.1, -0.05) is 11.8 Å². The third-order valence-corrected chi connectivity index (χ3v) is 8.22. The van der Waals surface area contributed by atoms with Crippen LogP contribution < -0.4 is 15.7 Å². The van der Waals surface area contributed by atoms with Gasteiger partial charge < -0.3 is 14.9 Å². The number of nitrogens with zero attached hydrogens (tertiary/aromatic N) is 3. The molecule has 0 saturated heterocycles. The lowest BCUT2D eigenvalue weighted by molar-refractivity contribution is -0.118. The lowest BCUT2D eigenvalue weighted by atomic mass is 9.97. The molecule has 0 unspecified atom stereocenters. The molecule has 0 fully saturated rings. The molecule has 2 aromatic heterocycles. The summed E-state index contributed by atoms with van der Waals surface area (Å²) >= 11 is 2.73. The Morgan fingerprint density at radius 2 is 1.97 bits per heavy atom. The van der Waals surface area contributed by atoms with Gasteiger partial charge in [0.25, 0.3) is 11.5 Å². The summed E-state index contributed by atoms with van der Waals surface area (Å²) in [6.07, 6.45) is 5.36. The number of rotatable bonds is 8. The zero-order chi connectivity index (χ0) is 26.6. The summed E-state index contributed by atoms with van der Waals surface area (Å²) in [6, 6.07) is 11.5. The summed E-state index contributed by atoms with van der Waals surface area (Å²) in [5.41, 5.74) is 4.58. The molecular formula is C27H26N4O5S2. The second-order valence-corrected chi connectivity index (χ2v) is 10.7. The highest BCUT2D eigenvalue weighted by Crippen LogP contribution is 2.35. The average Bonchev–Trinajstić information content (AvgIpc) is 3.29. The van der Waals surface area contributed by atoms with Crippen LogP contribution in [0.25, 0.3) is 15.9 Å². The molecule has 196 valence electrons. The van der Waals surface area contributed by atoms with Gasteiger partial charge in [0.1, 0.15) is 10.6 Å². The Hall–Kier alpha value is -3.83. The van der Waals surface area contributed by atoms with Gasteiger partial charge in [0.05, 0.1) is 29.6 Å². The largest absolute Gasteiger partial charge is 0.504 e. The van der Waals surface area contributed by atoms with Crippen molar-refractivity contribution < 1.29 is 19.7 Å². The molecule has 1 amide bonds. The van der Waals surface area contributed by atoms with Crippen LogP contribution in [0.1, 0.15) is 35.8 Å². The number of ether oxygens (including phenoxy) is 1. The molecule has 0 atom stereocenters. The summed E-state index contributed by atoms with van der Waals surface area (Å²) in [5, 5.41) is 24.0. The first-order valence-electron chi connectivity index (χ1n) is 12.2. The lowest BCUT2D eigenvalue weighted by Crippen LogP contribution is -2.24. The number of phenolic OH excluding ortho intramolecular Hbond substituents is 2. The van der Waals surface area contributed by atoms with Gasteiger partial charge in [-0.05, 0) is 86.2 Å². The third kappa shape index (κ3) is 5.39. The van der Waals surface area contributed by atoms with Crippen LogP contribution in [0.15, 0.2) is 57.5 Å². The van der Waals surface area contributed by atoms with E-state index < -0.39 is 0 Å². The highest BCUT2D eigenvalue weighted by Gasteiger charge is 2.23. The molecule has 0 aliphatic heterocycles. The van der Waals surface area contributed by atoms with Gasteiger partial charge in [0.2, 0.25) is 0 Å². The van der Waals surface area contributed by atoms with E-state index in [0.717, 1.165) is 43.0 Å². The molecule has 0 bridgehead atoms. The fourth-order valence-electron chi connectivity index (χ4n) is 4.33. The fourth-order valence-corrected chi connectivity index (χ4v) is 6.44. The number of hydrogen-bond donors (Lipinski definition) is 3. The van der Waals surface area contributed by atoms with E-state index in [9.17, 15) is 19.8 Å². The molecule has 1 aliphatic rings. The van der Waals surface area contributed by atoms with Crippen molar-refractivity contribution in [1.29, 1.82) is 0 Å². The highest BCUT2D eigenvalue weighted by molar-refractivity contribution is 7.99. The molecular weight excluding hydrogens is 524 g/mol. The van der Waals surface area contributed by atoms with Crippen molar-refractivity contribution in [3.8, 4) is 22.9 Å². The summed E-state index contributed by atoms with van der Waals surface area (Å²) in [6.45, 7) is 2.45. The smallest absolute Gasteiger partial charge is 0.267 e. The maximum absolute atomic E-state index is 13.8. The number of hydrazone groups is 1. The monoisotopic (exact) mass is 550 g/mol. The Balaban J connectivity index is 1.42. The van der Waals surface area contributed by atoms with Crippen molar-refractivity contribution >= 4 is 45.4 Å². The highest BCUT2D eigenvalue weighted by atomic mass is 32.2. The van der Waals surface area contributed by atoms with Crippen LogP contribution in [-0.4, -0.2) is 44.2 Å². The number of amides is 1. The first-order valence-corrected chi connectivity index (χ1v) is 14.0. The number of thioether (sulfide) groups is 1. The molecule has 1 aliphatic carbocycles. The van der Waals surface area contributed by atoms with Gasteiger partial charge in [0.15, 0.2) is 16.7 Å². The van der Waals surface area contributed by atoms with Gasteiger partial charge in [-0.3, -0.25) is 14.2 Å². The zero-order valence-corrected chi connectivity index (χ0v) is 22.3. The number of benzene rings is 2. The number of fused-ring (bicyclic) bond motifs is 3. The number of carbonyl (C=O) groups excluding carboxylic acids is 1. The Bertz CT molecular complexity index is 1580. The Morgan fingerprint density at radius 3 is 2.74 bits per heavy atom. The molecule has 9 nitrogen and oxygen atoms in total. The van der Waals surface area contributed by atoms with Crippen molar-refractivity contribution in [2.45, 2.75) is 37.8 Å². The molecule has 3 N–H and O–H groups in total. The van der Waals surface area contributed by atoms with Gasteiger partial charge >= 0.3 is 0 Å². The van der Waals surface area contributed by atoms with Crippen molar-refractivity contribution in [3.63, 3.8) is 0 Å². The van der Waals surface area contributed by atoms with Crippen LogP contribution in [-0.2, 0) is 17.6 Å². The van der Waals surface area contributed by atoms with E-state index in [1.807, 2.05) is 31.2 Å². The third-order valence-electron chi connectivity index (χ3n) is 6.10. The number of aromatic nitrogens is 2. The molecule has 38 heavy (non-hydrogen) atoms. The van der Waals surface area contributed by atoms with Gasteiger partial charge in [0, 0.05) is 4.88 Å². The SMILES string of the molecule is CCOc1ccc(-n2c(SCC(=O)NN=Cc3ccc(O)c(O)c3)nc3sc4c(c3c2=O)CCCC4)cc1. The van der Waals surface area contributed by atoms with Crippen LogP contribution in [0, 0.1) is 0 Å². The number of thiophene rings is 1. The van der Waals surface area contributed by atoms with E-state index in [0.29, 0.717) is 39.0 Å². The van der Waals surface area contributed by atoms with Crippen LogP contribution >= 0.6 is 23.1 Å². The predicted octanol–water partition coefficient (Wildman–Crippen LogP) is 4.38. The Kier molecular flexibility index (Phi) is 7.66. The molecule has 5 rings (SSSR count). The second kappa shape index (κ2) is 11.3. The van der Waals surface area contributed by atoms with E-state index in [4.69, 9.17) is 9.72 Å². The summed E-state index contributed by atoms with van der Waals surface area (Å²) in [7, 11) is 0. The van der Waals surface area contributed by atoms with E-state index in [2.05, 4.69) is 10.5 Å². The number of carbonyl (C=O) groups is 1. The minimum absolute atomic E-state index is 0.0156. The molecule has 0 spiro atoms. The zero-order valence-electron chi connectivity index (χ0n) is 20.6. The van der Waals surface area contributed by atoms with E-state index in [1.54, 1.807) is 22.0 Å². The molecule has 2 heterocycles. The number of hydrogen-bond acceptors (Lipinski definition) is 9. The average molecular weight is 551 g/mol. The minimum Gasteiger partial charge on any atom is -0.504 e. The molecule has 11 heteroatoms. The van der Waals surface area contributed by atoms with Gasteiger partial charge in [-0.2, -0.15) is 5.10 Å². The van der Waals surface area contributed by atoms with E-state index >= 15 is 0 Å². The molecule has 0 radical (unpaired) electrons. The molecule has 0 saturated carbocycles. The fraction of sp³-hybridized carbons (Fsp3) is 0.259.